The van der Waals surface area contributed by atoms with Crippen LogP contribution in [-0.2, 0) is 32.1 Å². The van der Waals surface area contributed by atoms with E-state index in [1.807, 2.05) is 19.9 Å². The molecule has 35 heavy (non-hydrogen) atoms. The number of nitrogens with zero attached hydrogens (tertiary/aromatic N) is 1. The number of phenols is 1. The summed E-state index contributed by atoms with van der Waals surface area (Å²) in [5, 5.41) is 19.3. The van der Waals surface area contributed by atoms with Crippen molar-refractivity contribution in [1.82, 2.24) is 4.90 Å². The largest absolute Gasteiger partial charge is 0.508 e. The molecule has 2 unspecified atom stereocenters. The molecular formula is C25H31ClN2O7. The highest BCUT2D eigenvalue weighted by Gasteiger charge is 2.38. The zero-order chi connectivity index (χ0) is 26.4. The Kier molecular flexibility index (Phi) is 13.1. The van der Waals surface area contributed by atoms with Gasteiger partial charge in [0.25, 0.3) is 0 Å². The Morgan fingerprint density at radius 2 is 1.63 bits per heavy atom. The number of ether oxygens (including phenoxy) is 1. The van der Waals surface area contributed by atoms with E-state index in [0.29, 0.717) is 22.3 Å². The van der Waals surface area contributed by atoms with Crippen LogP contribution in [0, 0.1) is 5.92 Å². The molecule has 0 heterocycles. The van der Waals surface area contributed by atoms with E-state index in [-0.39, 0.29) is 37.0 Å². The maximum atomic E-state index is 13.0. The SMILES string of the molecule is CC(C)CC(N)C(=O)N(C(=O)OCc1ccccc1)C(Cc1ccc(O)cc1)C(=O)O.O=CCCl. The van der Waals surface area contributed by atoms with Crippen LogP contribution in [0.3, 0.4) is 0 Å². The minimum Gasteiger partial charge on any atom is -0.508 e. The van der Waals surface area contributed by atoms with Gasteiger partial charge in [-0.15, -0.1) is 11.6 Å². The number of rotatable bonds is 10. The fourth-order valence-corrected chi connectivity index (χ4v) is 3.09. The number of aromatic hydroxyl groups is 1. The number of nitrogens with two attached hydrogens (primary N) is 1. The first-order chi connectivity index (χ1) is 16.6. The van der Waals surface area contributed by atoms with E-state index in [9.17, 15) is 24.6 Å². The third-order valence-corrected chi connectivity index (χ3v) is 4.83. The number of hydrogen-bond donors (Lipinski definition) is 3. The van der Waals surface area contributed by atoms with Crippen LogP contribution in [0.5, 0.6) is 5.75 Å². The normalized spacial score (nSPS) is 12.0. The van der Waals surface area contributed by atoms with Crippen molar-refractivity contribution < 1.29 is 34.1 Å². The predicted molar refractivity (Wildman–Crippen MR) is 131 cm³/mol. The number of benzene rings is 2. The van der Waals surface area contributed by atoms with Crippen LogP contribution >= 0.6 is 11.6 Å². The van der Waals surface area contributed by atoms with E-state index < -0.39 is 30.1 Å². The summed E-state index contributed by atoms with van der Waals surface area (Å²) in [5.74, 6) is -1.97. The Hall–Kier alpha value is -3.43. The average Bonchev–Trinajstić information content (AvgIpc) is 2.83. The number of aliphatic carboxylic acids is 1. The first-order valence-electron chi connectivity index (χ1n) is 10.9. The van der Waals surface area contributed by atoms with Crippen LogP contribution in [-0.4, -0.2) is 57.3 Å². The molecule has 9 nitrogen and oxygen atoms in total. The van der Waals surface area contributed by atoms with Gasteiger partial charge in [-0.3, -0.25) is 4.79 Å². The van der Waals surface area contributed by atoms with E-state index in [1.54, 1.807) is 24.3 Å². The highest BCUT2D eigenvalue weighted by molar-refractivity contribution is 6.24. The third kappa shape index (κ3) is 10.6. The number of amides is 2. The number of imide groups is 1. The molecule has 0 fully saturated rings. The van der Waals surface area contributed by atoms with E-state index >= 15 is 0 Å². The van der Waals surface area contributed by atoms with E-state index in [1.165, 1.54) is 24.3 Å². The Morgan fingerprint density at radius 1 is 1.06 bits per heavy atom. The highest BCUT2D eigenvalue weighted by atomic mass is 35.5. The fraction of sp³-hybridized carbons (Fsp3) is 0.360. The summed E-state index contributed by atoms with van der Waals surface area (Å²) in [4.78, 5) is 47.6. The van der Waals surface area contributed by atoms with Crippen molar-refractivity contribution in [2.75, 3.05) is 5.88 Å². The van der Waals surface area contributed by atoms with E-state index in [0.717, 1.165) is 0 Å². The summed E-state index contributed by atoms with van der Waals surface area (Å²) < 4.78 is 5.26. The molecule has 190 valence electrons. The topological polar surface area (TPSA) is 147 Å². The highest BCUT2D eigenvalue weighted by Crippen LogP contribution is 2.18. The number of carboxylic acids is 1. The molecule has 2 aromatic carbocycles. The first-order valence-corrected chi connectivity index (χ1v) is 11.4. The van der Waals surface area contributed by atoms with Gasteiger partial charge in [0.1, 0.15) is 24.7 Å². The van der Waals surface area contributed by atoms with Crippen molar-refractivity contribution in [1.29, 1.82) is 0 Å². The second kappa shape index (κ2) is 15.5. The molecule has 2 amide bonds. The molecule has 0 bridgehead atoms. The maximum Gasteiger partial charge on any atom is 0.417 e. The smallest absolute Gasteiger partial charge is 0.417 e. The lowest BCUT2D eigenvalue weighted by molar-refractivity contribution is -0.149. The van der Waals surface area contributed by atoms with Crippen molar-refractivity contribution in [2.24, 2.45) is 11.7 Å². The number of halogens is 1. The summed E-state index contributed by atoms with van der Waals surface area (Å²) >= 11 is 4.82. The number of phenolic OH excluding ortho intramolecular Hbond substituents is 1. The Bertz CT molecular complexity index is 952. The number of carbonyl (C=O) groups excluding carboxylic acids is 3. The number of carbonyl (C=O) groups is 4. The summed E-state index contributed by atoms with van der Waals surface area (Å²) in [6.07, 6.45) is -0.302. The predicted octanol–water partition coefficient (Wildman–Crippen LogP) is 3.35. The van der Waals surface area contributed by atoms with Gasteiger partial charge in [0.2, 0.25) is 5.91 Å². The zero-order valence-electron chi connectivity index (χ0n) is 19.7. The molecule has 2 rings (SSSR count). The molecule has 2 atom stereocenters. The standard InChI is InChI=1S/C23H28N2O6.C2H3ClO/c1-15(2)12-19(24)21(27)25(23(30)31-14-17-6-4-3-5-7-17)20(22(28)29)13-16-8-10-18(26)11-9-16;3-1-2-4/h3-11,15,19-20,26H,12-14,24H2,1-2H3,(H,28,29);2H,1H2. The van der Waals surface area contributed by atoms with Gasteiger partial charge >= 0.3 is 12.1 Å². The van der Waals surface area contributed by atoms with Gasteiger partial charge in [-0.25, -0.2) is 14.5 Å². The summed E-state index contributed by atoms with van der Waals surface area (Å²) in [5.41, 5.74) is 7.21. The quantitative estimate of drug-likeness (QED) is 0.328. The van der Waals surface area contributed by atoms with Crippen molar-refractivity contribution in [3.05, 3.63) is 65.7 Å². The van der Waals surface area contributed by atoms with Crippen LogP contribution in [0.4, 0.5) is 4.79 Å². The number of carboxylic acid groups (broad SMARTS) is 1. The monoisotopic (exact) mass is 506 g/mol. The van der Waals surface area contributed by atoms with Gasteiger partial charge in [0, 0.05) is 6.42 Å². The van der Waals surface area contributed by atoms with Gasteiger partial charge in [0.15, 0.2) is 0 Å². The molecule has 4 N–H and O–H groups in total. The summed E-state index contributed by atoms with van der Waals surface area (Å²) in [7, 11) is 0. The summed E-state index contributed by atoms with van der Waals surface area (Å²) in [6.45, 7) is 3.63. The van der Waals surface area contributed by atoms with Crippen molar-refractivity contribution in [2.45, 2.75) is 45.4 Å². The molecule has 0 aliphatic rings. The molecule has 0 aliphatic carbocycles. The van der Waals surface area contributed by atoms with Crippen LogP contribution in [0.2, 0.25) is 0 Å². The molecule has 0 radical (unpaired) electrons. The fourth-order valence-electron chi connectivity index (χ4n) is 3.09. The molecule has 0 saturated heterocycles. The lowest BCUT2D eigenvalue weighted by Gasteiger charge is -2.29. The molecule has 2 aromatic rings. The number of aldehydes is 1. The molecule has 10 heteroatoms. The van der Waals surface area contributed by atoms with Gasteiger partial charge in [-0.05, 0) is 35.6 Å². The third-order valence-electron chi connectivity index (χ3n) is 4.71. The molecular weight excluding hydrogens is 476 g/mol. The van der Waals surface area contributed by atoms with Gasteiger partial charge in [-0.1, -0.05) is 56.3 Å². The minimum absolute atomic E-state index is 0.0183. The Labute approximate surface area is 209 Å². The summed E-state index contributed by atoms with van der Waals surface area (Å²) in [6, 6.07) is 12.1. The molecule has 0 saturated carbocycles. The second-order valence-electron chi connectivity index (χ2n) is 8.03. The van der Waals surface area contributed by atoms with E-state index in [2.05, 4.69) is 0 Å². The average molecular weight is 507 g/mol. The molecule has 0 spiro atoms. The Morgan fingerprint density at radius 3 is 2.11 bits per heavy atom. The maximum absolute atomic E-state index is 13.0. The Balaban J connectivity index is 0.00000142. The molecule has 0 aliphatic heterocycles. The van der Waals surface area contributed by atoms with Crippen LogP contribution < -0.4 is 5.73 Å². The van der Waals surface area contributed by atoms with Crippen LogP contribution in [0.15, 0.2) is 54.6 Å². The lowest BCUT2D eigenvalue weighted by atomic mass is 10.0. The zero-order valence-corrected chi connectivity index (χ0v) is 20.4. The van der Waals surface area contributed by atoms with Crippen LogP contribution in [0.25, 0.3) is 0 Å². The second-order valence-corrected chi connectivity index (χ2v) is 8.34. The molecule has 0 aromatic heterocycles. The van der Waals surface area contributed by atoms with Crippen molar-refractivity contribution >= 4 is 35.9 Å². The number of hydrogen-bond acceptors (Lipinski definition) is 7. The number of alkyl halides is 1. The van der Waals surface area contributed by atoms with Gasteiger partial charge in [-0.2, -0.15) is 0 Å². The van der Waals surface area contributed by atoms with E-state index in [4.69, 9.17) is 26.9 Å². The van der Waals surface area contributed by atoms with Gasteiger partial charge in [0.05, 0.1) is 11.9 Å². The lowest BCUT2D eigenvalue weighted by Crippen LogP contribution is -2.55. The first kappa shape index (κ1) is 29.6. The van der Waals surface area contributed by atoms with Gasteiger partial charge < -0.3 is 25.5 Å². The van der Waals surface area contributed by atoms with Crippen molar-refractivity contribution in [3.8, 4) is 5.75 Å². The minimum atomic E-state index is -1.52. The van der Waals surface area contributed by atoms with Crippen molar-refractivity contribution in [3.63, 3.8) is 0 Å². The van der Waals surface area contributed by atoms with Crippen LogP contribution in [0.1, 0.15) is 31.4 Å².